The molecule has 1 aromatic heterocycles. The Bertz CT molecular complexity index is 577. The van der Waals surface area contributed by atoms with Gasteiger partial charge in [-0.15, -0.1) is 0 Å². The summed E-state index contributed by atoms with van der Waals surface area (Å²) < 4.78 is 6.52. The van der Waals surface area contributed by atoms with E-state index in [0.29, 0.717) is 12.3 Å². The van der Waals surface area contributed by atoms with Gasteiger partial charge < -0.3 is 9.72 Å². The second-order valence-corrected chi connectivity index (χ2v) is 6.25. The largest absolute Gasteiger partial charge is 0.409 e. The summed E-state index contributed by atoms with van der Waals surface area (Å²) in [5.74, 6) is 0.392. The van der Waals surface area contributed by atoms with Crippen LogP contribution in [-0.4, -0.2) is 11.0 Å². The van der Waals surface area contributed by atoms with Crippen molar-refractivity contribution in [1.29, 1.82) is 0 Å². The first-order valence-electron chi connectivity index (χ1n) is 7.18. The number of fused-ring (bicyclic) bond motifs is 1. The molecule has 0 amide bonds. The molecule has 108 valence electrons. The van der Waals surface area contributed by atoms with Gasteiger partial charge in [-0.2, -0.15) is 0 Å². The van der Waals surface area contributed by atoms with Crippen molar-refractivity contribution in [2.24, 2.45) is 0 Å². The fourth-order valence-corrected chi connectivity index (χ4v) is 2.69. The molecule has 0 saturated heterocycles. The molecule has 0 aliphatic heterocycles. The standard InChI is InChI=1S/C16H20INO2/c1-2-3-4-5-6-7-16(19)20-15-11-12-10-13(17)8-9-14(12)18-15/h8-11,18H,2-7H2,1H3. The second-order valence-electron chi connectivity index (χ2n) is 5.00. The minimum Gasteiger partial charge on any atom is -0.409 e. The third-order valence-corrected chi connectivity index (χ3v) is 3.94. The van der Waals surface area contributed by atoms with Gasteiger partial charge in [0.15, 0.2) is 0 Å². The highest BCUT2D eigenvalue weighted by Crippen LogP contribution is 2.22. The Hall–Kier alpha value is -1.04. The summed E-state index contributed by atoms with van der Waals surface area (Å²) in [6.45, 7) is 2.19. The van der Waals surface area contributed by atoms with E-state index in [0.717, 1.165) is 23.7 Å². The maximum Gasteiger partial charge on any atom is 0.312 e. The van der Waals surface area contributed by atoms with Crippen molar-refractivity contribution >= 4 is 39.5 Å². The predicted octanol–water partition coefficient (Wildman–Crippen LogP) is 5.04. The molecule has 2 aromatic rings. The molecule has 4 heteroatoms. The maximum atomic E-state index is 11.7. The van der Waals surface area contributed by atoms with Gasteiger partial charge >= 0.3 is 5.97 Å². The van der Waals surface area contributed by atoms with Gasteiger partial charge in [-0.3, -0.25) is 4.79 Å². The molecule has 0 unspecified atom stereocenters. The van der Waals surface area contributed by atoms with Crippen LogP contribution in [0.2, 0.25) is 0 Å². The van der Waals surface area contributed by atoms with E-state index in [-0.39, 0.29) is 5.97 Å². The van der Waals surface area contributed by atoms with E-state index >= 15 is 0 Å². The molecular weight excluding hydrogens is 365 g/mol. The number of carbonyl (C=O) groups is 1. The molecule has 0 bridgehead atoms. The van der Waals surface area contributed by atoms with E-state index in [2.05, 4.69) is 40.6 Å². The zero-order chi connectivity index (χ0) is 14.4. The second kappa shape index (κ2) is 7.67. The molecule has 0 aliphatic rings. The van der Waals surface area contributed by atoms with Gasteiger partial charge in [0.2, 0.25) is 5.88 Å². The zero-order valence-corrected chi connectivity index (χ0v) is 13.9. The topological polar surface area (TPSA) is 42.1 Å². The molecule has 0 atom stereocenters. The number of H-pyrrole nitrogens is 1. The van der Waals surface area contributed by atoms with E-state index in [1.165, 1.54) is 22.8 Å². The monoisotopic (exact) mass is 385 g/mol. The maximum absolute atomic E-state index is 11.7. The Labute approximate surface area is 133 Å². The number of benzene rings is 1. The minimum absolute atomic E-state index is 0.150. The number of aromatic amines is 1. The van der Waals surface area contributed by atoms with Crippen LogP contribution in [-0.2, 0) is 4.79 Å². The SMILES string of the molecule is CCCCCCCC(=O)Oc1cc2cc(I)ccc2[nH]1. The van der Waals surface area contributed by atoms with E-state index in [1.807, 2.05) is 18.2 Å². The Balaban J connectivity index is 1.83. The van der Waals surface area contributed by atoms with Crippen LogP contribution < -0.4 is 4.74 Å². The van der Waals surface area contributed by atoms with Gasteiger partial charge in [0.05, 0.1) is 0 Å². The van der Waals surface area contributed by atoms with Gasteiger partial charge in [-0.25, -0.2) is 0 Å². The summed E-state index contributed by atoms with van der Waals surface area (Å²) in [7, 11) is 0. The Morgan fingerprint density at radius 1 is 1.20 bits per heavy atom. The molecule has 1 aromatic carbocycles. The number of aromatic nitrogens is 1. The number of nitrogens with one attached hydrogen (secondary N) is 1. The highest BCUT2D eigenvalue weighted by atomic mass is 127. The molecule has 2 rings (SSSR count). The van der Waals surface area contributed by atoms with Crippen molar-refractivity contribution in [3.8, 4) is 5.88 Å². The fraction of sp³-hybridized carbons (Fsp3) is 0.438. The van der Waals surface area contributed by atoms with E-state index in [9.17, 15) is 4.79 Å². The summed E-state index contributed by atoms with van der Waals surface area (Å²) in [4.78, 5) is 14.9. The smallest absolute Gasteiger partial charge is 0.312 e. The van der Waals surface area contributed by atoms with Gasteiger partial charge in [0.1, 0.15) is 0 Å². The zero-order valence-electron chi connectivity index (χ0n) is 11.7. The van der Waals surface area contributed by atoms with Crippen LogP contribution in [0.5, 0.6) is 5.88 Å². The van der Waals surface area contributed by atoms with Crippen LogP contribution in [0.4, 0.5) is 0 Å². The number of ether oxygens (including phenoxy) is 1. The van der Waals surface area contributed by atoms with Gasteiger partial charge in [-0.05, 0) is 47.2 Å². The minimum atomic E-state index is -0.150. The van der Waals surface area contributed by atoms with Crippen LogP contribution in [0.15, 0.2) is 24.3 Å². The van der Waals surface area contributed by atoms with Crippen LogP contribution in [0.3, 0.4) is 0 Å². The predicted molar refractivity (Wildman–Crippen MR) is 90.0 cm³/mol. The first-order valence-corrected chi connectivity index (χ1v) is 8.26. The van der Waals surface area contributed by atoms with Crippen LogP contribution in [0.1, 0.15) is 45.4 Å². The van der Waals surface area contributed by atoms with Gasteiger partial charge in [0.25, 0.3) is 0 Å². The number of hydrogen-bond acceptors (Lipinski definition) is 2. The molecular formula is C16H20INO2. The van der Waals surface area contributed by atoms with Crippen LogP contribution >= 0.6 is 22.6 Å². The molecule has 0 radical (unpaired) electrons. The summed E-state index contributed by atoms with van der Waals surface area (Å²) in [5.41, 5.74) is 0.996. The van der Waals surface area contributed by atoms with E-state index in [1.54, 1.807) is 0 Å². The Morgan fingerprint density at radius 2 is 2.00 bits per heavy atom. The molecule has 1 N–H and O–H groups in total. The quantitative estimate of drug-likeness (QED) is 0.412. The van der Waals surface area contributed by atoms with Crippen molar-refractivity contribution in [2.45, 2.75) is 45.4 Å². The van der Waals surface area contributed by atoms with Gasteiger partial charge in [0, 0.05) is 27.0 Å². The first kappa shape index (κ1) is 15.4. The highest BCUT2D eigenvalue weighted by Gasteiger charge is 2.07. The highest BCUT2D eigenvalue weighted by molar-refractivity contribution is 14.1. The number of unbranched alkanes of at least 4 members (excludes halogenated alkanes) is 4. The third kappa shape index (κ3) is 4.51. The van der Waals surface area contributed by atoms with Crippen molar-refractivity contribution < 1.29 is 9.53 Å². The normalized spacial score (nSPS) is 10.9. The van der Waals surface area contributed by atoms with Crippen molar-refractivity contribution in [3.05, 3.63) is 27.8 Å². The summed E-state index contributed by atoms with van der Waals surface area (Å²) in [5, 5.41) is 1.07. The Morgan fingerprint density at radius 3 is 2.80 bits per heavy atom. The summed E-state index contributed by atoms with van der Waals surface area (Å²) in [6.07, 6.45) is 6.18. The molecule has 0 saturated carbocycles. The molecule has 1 heterocycles. The van der Waals surface area contributed by atoms with Gasteiger partial charge in [-0.1, -0.05) is 32.6 Å². The first-order chi connectivity index (χ1) is 9.69. The summed E-state index contributed by atoms with van der Waals surface area (Å²) in [6, 6.07) is 7.97. The number of carbonyl (C=O) groups excluding carboxylic acids is 1. The van der Waals surface area contributed by atoms with E-state index in [4.69, 9.17) is 4.74 Å². The van der Waals surface area contributed by atoms with Crippen LogP contribution in [0, 0.1) is 3.57 Å². The number of esters is 1. The lowest BCUT2D eigenvalue weighted by Crippen LogP contribution is -2.07. The number of hydrogen-bond donors (Lipinski definition) is 1. The number of rotatable bonds is 7. The fourth-order valence-electron chi connectivity index (χ4n) is 2.18. The summed E-state index contributed by atoms with van der Waals surface area (Å²) >= 11 is 2.27. The van der Waals surface area contributed by atoms with E-state index < -0.39 is 0 Å². The van der Waals surface area contributed by atoms with Crippen molar-refractivity contribution in [3.63, 3.8) is 0 Å². The molecule has 0 aliphatic carbocycles. The average Bonchev–Trinajstić information content (AvgIpc) is 2.79. The van der Waals surface area contributed by atoms with Crippen molar-refractivity contribution in [1.82, 2.24) is 4.98 Å². The molecule has 3 nitrogen and oxygen atoms in total. The Kier molecular flexibility index (Phi) is 5.88. The average molecular weight is 385 g/mol. The third-order valence-electron chi connectivity index (χ3n) is 3.27. The lowest BCUT2D eigenvalue weighted by Gasteiger charge is -2.01. The number of halogens is 1. The molecule has 0 fully saturated rings. The van der Waals surface area contributed by atoms with Crippen molar-refractivity contribution in [2.75, 3.05) is 0 Å². The molecule has 20 heavy (non-hydrogen) atoms. The molecule has 0 spiro atoms. The lowest BCUT2D eigenvalue weighted by atomic mass is 10.1. The lowest BCUT2D eigenvalue weighted by molar-refractivity contribution is -0.134. The van der Waals surface area contributed by atoms with Crippen LogP contribution in [0.25, 0.3) is 10.9 Å².